The average molecular weight is 180 g/mol. The lowest BCUT2D eigenvalue weighted by Gasteiger charge is -2.01. The topological polar surface area (TPSA) is 17.1 Å². The maximum atomic E-state index is 13.0. The van der Waals surface area contributed by atoms with Crippen molar-refractivity contribution in [1.29, 1.82) is 0 Å². The minimum Gasteiger partial charge on any atom is -0.295 e. The number of carbonyl (C=O) groups excluding carboxylic acids is 1. The largest absolute Gasteiger partial charge is 0.295 e. The van der Waals surface area contributed by atoms with Crippen molar-refractivity contribution >= 4 is 5.78 Å². The van der Waals surface area contributed by atoms with E-state index >= 15 is 0 Å². The Morgan fingerprint density at radius 1 is 1.38 bits per heavy atom. The van der Waals surface area contributed by atoms with Crippen LogP contribution in [0.2, 0.25) is 0 Å². The molecular formula is C11H13FO. The van der Waals surface area contributed by atoms with Crippen LogP contribution < -0.4 is 0 Å². The second-order valence-corrected chi connectivity index (χ2v) is 2.67. The molecule has 0 atom stereocenters. The second-order valence-electron chi connectivity index (χ2n) is 2.67. The molecule has 0 N–H and O–H groups in total. The molecule has 0 saturated carbocycles. The molecule has 0 rings (SSSR count). The van der Waals surface area contributed by atoms with Crippen molar-refractivity contribution in [2.24, 2.45) is 0 Å². The van der Waals surface area contributed by atoms with Crippen molar-refractivity contribution in [3.8, 4) is 0 Å². The van der Waals surface area contributed by atoms with Crippen LogP contribution in [-0.2, 0) is 4.79 Å². The summed E-state index contributed by atoms with van der Waals surface area (Å²) in [7, 11) is 0. The summed E-state index contributed by atoms with van der Waals surface area (Å²) in [6.45, 7) is 9.92. The molecule has 0 saturated heterocycles. The minimum absolute atomic E-state index is 0.120. The average Bonchev–Trinajstić information content (AvgIpc) is 2.02. The Morgan fingerprint density at radius 3 is 2.31 bits per heavy atom. The van der Waals surface area contributed by atoms with Gasteiger partial charge in [-0.05, 0) is 31.6 Å². The van der Waals surface area contributed by atoms with Gasteiger partial charge in [-0.25, -0.2) is 4.39 Å². The van der Waals surface area contributed by atoms with Gasteiger partial charge in [0.15, 0.2) is 5.78 Å². The van der Waals surface area contributed by atoms with Crippen LogP contribution in [0, 0.1) is 0 Å². The third kappa shape index (κ3) is 4.21. The normalized spacial score (nSPS) is 12.5. The zero-order chi connectivity index (χ0) is 10.4. The molecule has 0 aliphatic heterocycles. The fourth-order valence-electron chi connectivity index (χ4n) is 0.784. The van der Waals surface area contributed by atoms with Crippen molar-refractivity contribution in [3.05, 3.63) is 48.4 Å². The fraction of sp³-hybridized carbons (Fsp3) is 0.182. The Hall–Kier alpha value is -1.44. The molecule has 0 spiro atoms. The van der Waals surface area contributed by atoms with Gasteiger partial charge < -0.3 is 0 Å². The molecule has 0 unspecified atom stereocenters. The third-order valence-corrected chi connectivity index (χ3v) is 1.45. The van der Waals surface area contributed by atoms with Crippen molar-refractivity contribution < 1.29 is 9.18 Å². The van der Waals surface area contributed by atoms with E-state index in [1.165, 1.54) is 25.2 Å². The van der Waals surface area contributed by atoms with Gasteiger partial charge in [0.1, 0.15) is 5.83 Å². The first kappa shape index (κ1) is 11.6. The van der Waals surface area contributed by atoms with Gasteiger partial charge in [-0.2, -0.15) is 0 Å². The zero-order valence-corrected chi connectivity index (χ0v) is 7.93. The molecular weight excluding hydrogens is 167 g/mol. The van der Waals surface area contributed by atoms with Crippen LogP contribution in [0.5, 0.6) is 0 Å². The monoisotopic (exact) mass is 180 g/mol. The van der Waals surface area contributed by atoms with Gasteiger partial charge in [0.2, 0.25) is 0 Å². The number of hydrogen-bond acceptors (Lipinski definition) is 1. The predicted octanol–water partition coefficient (Wildman–Crippen LogP) is 3.12. The Bertz CT molecular complexity index is 295. The Morgan fingerprint density at radius 2 is 1.92 bits per heavy atom. The molecule has 0 heterocycles. The van der Waals surface area contributed by atoms with E-state index in [2.05, 4.69) is 13.2 Å². The van der Waals surface area contributed by atoms with Gasteiger partial charge in [0, 0.05) is 5.57 Å². The van der Waals surface area contributed by atoms with E-state index in [0.29, 0.717) is 5.57 Å². The second kappa shape index (κ2) is 5.25. The maximum Gasteiger partial charge on any atom is 0.152 e. The summed E-state index contributed by atoms with van der Waals surface area (Å²) in [6.07, 6.45) is 3.89. The van der Waals surface area contributed by atoms with E-state index in [-0.39, 0.29) is 11.4 Å². The number of rotatable bonds is 4. The van der Waals surface area contributed by atoms with Gasteiger partial charge in [-0.1, -0.05) is 19.2 Å². The smallest absolute Gasteiger partial charge is 0.152 e. The molecule has 0 aromatic carbocycles. The number of allylic oxidation sites excluding steroid dienone is 6. The summed E-state index contributed by atoms with van der Waals surface area (Å²) in [4.78, 5) is 10.7. The lowest BCUT2D eigenvalue weighted by molar-refractivity contribution is -0.112. The quantitative estimate of drug-likeness (QED) is 0.480. The molecule has 0 aromatic rings. The summed E-state index contributed by atoms with van der Waals surface area (Å²) in [5.41, 5.74) is 0.748. The zero-order valence-electron chi connectivity index (χ0n) is 7.93. The van der Waals surface area contributed by atoms with Crippen LogP contribution in [0.15, 0.2) is 48.4 Å². The number of halogens is 1. The van der Waals surface area contributed by atoms with Crippen molar-refractivity contribution in [3.63, 3.8) is 0 Å². The summed E-state index contributed by atoms with van der Waals surface area (Å²) < 4.78 is 13.0. The van der Waals surface area contributed by atoms with E-state index in [1.54, 1.807) is 6.92 Å². The first-order valence-electron chi connectivity index (χ1n) is 3.85. The van der Waals surface area contributed by atoms with E-state index in [1.807, 2.05) is 0 Å². The molecule has 2 heteroatoms. The lowest BCUT2D eigenvalue weighted by Crippen LogP contribution is -1.89. The molecule has 0 radical (unpaired) electrons. The Balaban J connectivity index is 4.71. The van der Waals surface area contributed by atoms with Crippen molar-refractivity contribution in [2.45, 2.75) is 13.8 Å². The SMILES string of the molecule is C=C/C=C(/F)C(=C)/C(C)=C\C(C)=O. The standard InChI is InChI=1S/C11H13FO/c1-5-6-11(12)10(4)8(2)7-9(3)13/h5-7H,1,4H2,2-3H3/b8-7-,11-6+. The molecule has 1 nitrogen and oxygen atoms in total. The first-order chi connectivity index (χ1) is 5.99. The molecule has 0 aliphatic carbocycles. The van der Waals surface area contributed by atoms with Gasteiger partial charge in [-0.15, -0.1) is 0 Å². The molecule has 0 aliphatic rings. The summed E-state index contributed by atoms with van der Waals surface area (Å²) in [5.74, 6) is -0.588. The molecule has 70 valence electrons. The van der Waals surface area contributed by atoms with Crippen LogP contribution in [0.1, 0.15) is 13.8 Å². The maximum absolute atomic E-state index is 13.0. The van der Waals surface area contributed by atoms with Crippen LogP contribution in [-0.4, -0.2) is 5.78 Å². The highest BCUT2D eigenvalue weighted by atomic mass is 19.1. The van der Waals surface area contributed by atoms with Crippen LogP contribution in [0.4, 0.5) is 4.39 Å². The highest BCUT2D eigenvalue weighted by molar-refractivity contribution is 5.88. The van der Waals surface area contributed by atoms with Crippen molar-refractivity contribution in [1.82, 2.24) is 0 Å². The summed E-state index contributed by atoms with van der Waals surface area (Å²) >= 11 is 0. The molecule has 13 heavy (non-hydrogen) atoms. The van der Waals surface area contributed by atoms with E-state index < -0.39 is 5.83 Å². The third-order valence-electron chi connectivity index (χ3n) is 1.45. The molecule has 0 fully saturated rings. The van der Waals surface area contributed by atoms with Crippen LogP contribution >= 0.6 is 0 Å². The lowest BCUT2D eigenvalue weighted by atomic mass is 10.1. The predicted molar refractivity (Wildman–Crippen MR) is 53.0 cm³/mol. The van der Waals surface area contributed by atoms with Crippen LogP contribution in [0.3, 0.4) is 0 Å². The van der Waals surface area contributed by atoms with E-state index in [0.717, 1.165) is 0 Å². The fourth-order valence-corrected chi connectivity index (χ4v) is 0.784. The van der Waals surface area contributed by atoms with Crippen molar-refractivity contribution in [2.75, 3.05) is 0 Å². The van der Waals surface area contributed by atoms with Crippen LogP contribution in [0.25, 0.3) is 0 Å². The molecule has 0 bridgehead atoms. The number of ketones is 1. The number of hydrogen-bond donors (Lipinski definition) is 0. The summed E-state index contributed by atoms with van der Waals surface area (Å²) in [5, 5.41) is 0. The first-order valence-corrected chi connectivity index (χ1v) is 3.85. The summed E-state index contributed by atoms with van der Waals surface area (Å²) in [6, 6.07) is 0. The van der Waals surface area contributed by atoms with E-state index in [9.17, 15) is 9.18 Å². The Labute approximate surface area is 78.0 Å². The Kier molecular flexibility index (Phi) is 4.67. The minimum atomic E-state index is -0.468. The van der Waals surface area contributed by atoms with Gasteiger partial charge in [-0.3, -0.25) is 4.79 Å². The van der Waals surface area contributed by atoms with Gasteiger partial charge in [0.05, 0.1) is 0 Å². The molecule has 0 amide bonds. The van der Waals surface area contributed by atoms with E-state index in [4.69, 9.17) is 0 Å². The van der Waals surface area contributed by atoms with Gasteiger partial charge >= 0.3 is 0 Å². The highest BCUT2D eigenvalue weighted by Gasteiger charge is 2.03. The highest BCUT2D eigenvalue weighted by Crippen LogP contribution is 2.17. The molecule has 0 aromatic heterocycles. The van der Waals surface area contributed by atoms with Gasteiger partial charge in [0.25, 0.3) is 0 Å². The number of carbonyl (C=O) groups is 1.